The molecule has 0 aliphatic heterocycles. The Morgan fingerprint density at radius 2 is 1.71 bits per heavy atom. The van der Waals surface area contributed by atoms with Crippen LogP contribution in [0.1, 0.15) is 0 Å². The normalized spacial score (nSPS) is 8.64. The minimum Gasteiger partial charge on any atom is -0.334 e. The van der Waals surface area contributed by atoms with Crippen LogP contribution >= 0.6 is 24.8 Å². The maximum Gasteiger partial charge on any atom is 0.0948 e. The standard InChI is InChI=1S/C9H9N3.2ClH/c1-12-7-11-6-9(12)8-2-4-10-5-3-8;;/h2-7H,1H3;2*1H. The van der Waals surface area contributed by atoms with Gasteiger partial charge in [-0.05, 0) is 12.1 Å². The van der Waals surface area contributed by atoms with E-state index in [9.17, 15) is 0 Å². The smallest absolute Gasteiger partial charge is 0.0948 e. The fourth-order valence-electron chi connectivity index (χ4n) is 1.16. The molecule has 2 aromatic heterocycles. The summed E-state index contributed by atoms with van der Waals surface area (Å²) >= 11 is 0. The molecule has 5 heteroatoms. The lowest BCUT2D eigenvalue weighted by Gasteiger charge is -1.99. The van der Waals surface area contributed by atoms with Crippen LogP contribution in [-0.4, -0.2) is 14.5 Å². The number of aromatic nitrogens is 3. The fraction of sp³-hybridized carbons (Fsp3) is 0.111. The number of aryl methyl sites for hydroxylation is 1. The van der Waals surface area contributed by atoms with E-state index < -0.39 is 0 Å². The predicted molar refractivity (Wildman–Crippen MR) is 60.9 cm³/mol. The van der Waals surface area contributed by atoms with Crippen LogP contribution in [0.3, 0.4) is 0 Å². The van der Waals surface area contributed by atoms with E-state index in [1.165, 1.54) is 0 Å². The first-order chi connectivity index (χ1) is 5.88. The highest BCUT2D eigenvalue weighted by Crippen LogP contribution is 2.15. The zero-order chi connectivity index (χ0) is 8.39. The first-order valence-corrected chi connectivity index (χ1v) is 3.74. The van der Waals surface area contributed by atoms with Crippen molar-refractivity contribution in [1.82, 2.24) is 14.5 Å². The van der Waals surface area contributed by atoms with Crippen molar-refractivity contribution in [3.8, 4) is 11.3 Å². The summed E-state index contributed by atoms with van der Waals surface area (Å²) in [6.45, 7) is 0. The van der Waals surface area contributed by atoms with Gasteiger partial charge >= 0.3 is 0 Å². The minimum atomic E-state index is 0. The van der Waals surface area contributed by atoms with Crippen LogP contribution < -0.4 is 0 Å². The van der Waals surface area contributed by atoms with Crippen molar-refractivity contribution in [3.05, 3.63) is 37.1 Å². The van der Waals surface area contributed by atoms with Crippen molar-refractivity contribution in [2.24, 2.45) is 7.05 Å². The van der Waals surface area contributed by atoms with Crippen molar-refractivity contribution in [3.63, 3.8) is 0 Å². The Bertz CT molecular complexity index is 373. The molecule has 2 aromatic rings. The molecule has 0 bridgehead atoms. The zero-order valence-corrected chi connectivity index (χ0v) is 9.26. The Balaban J connectivity index is 0.000000845. The van der Waals surface area contributed by atoms with Gasteiger partial charge in [-0.25, -0.2) is 4.98 Å². The molecule has 0 atom stereocenters. The topological polar surface area (TPSA) is 30.7 Å². The first-order valence-electron chi connectivity index (χ1n) is 3.74. The molecule has 0 aliphatic carbocycles. The number of hydrogen-bond donors (Lipinski definition) is 0. The number of hydrogen-bond acceptors (Lipinski definition) is 2. The lowest BCUT2D eigenvalue weighted by Crippen LogP contribution is -1.88. The number of nitrogens with zero attached hydrogens (tertiary/aromatic N) is 3. The summed E-state index contributed by atoms with van der Waals surface area (Å²) in [4.78, 5) is 8.00. The second-order valence-electron chi connectivity index (χ2n) is 2.63. The fourth-order valence-corrected chi connectivity index (χ4v) is 1.16. The average molecular weight is 232 g/mol. The molecule has 0 saturated carbocycles. The highest BCUT2D eigenvalue weighted by molar-refractivity contribution is 5.85. The van der Waals surface area contributed by atoms with Gasteiger partial charge in [0.2, 0.25) is 0 Å². The van der Waals surface area contributed by atoms with E-state index in [0.717, 1.165) is 11.3 Å². The SMILES string of the molecule is Cl.Cl.Cn1cncc1-c1ccncc1. The van der Waals surface area contributed by atoms with Crippen molar-refractivity contribution in [2.45, 2.75) is 0 Å². The van der Waals surface area contributed by atoms with Crippen LogP contribution in [0.5, 0.6) is 0 Å². The molecule has 3 nitrogen and oxygen atoms in total. The van der Waals surface area contributed by atoms with E-state index in [2.05, 4.69) is 9.97 Å². The monoisotopic (exact) mass is 231 g/mol. The van der Waals surface area contributed by atoms with Gasteiger partial charge in [-0.1, -0.05) is 0 Å². The van der Waals surface area contributed by atoms with E-state index in [0.29, 0.717) is 0 Å². The second kappa shape index (κ2) is 5.62. The summed E-state index contributed by atoms with van der Waals surface area (Å²) in [5.41, 5.74) is 2.25. The maximum absolute atomic E-state index is 4.04. The second-order valence-corrected chi connectivity index (χ2v) is 2.63. The van der Waals surface area contributed by atoms with Gasteiger partial charge in [0.1, 0.15) is 0 Å². The van der Waals surface area contributed by atoms with Gasteiger partial charge in [0.25, 0.3) is 0 Å². The van der Waals surface area contributed by atoms with Gasteiger partial charge in [0.05, 0.1) is 18.2 Å². The summed E-state index contributed by atoms with van der Waals surface area (Å²) < 4.78 is 1.98. The number of imidazole rings is 1. The molecular weight excluding hydrogens is 221 g/mol. The highest BCUT2D eigenvalue weighted by Gasteiger charge is 1.99. The molecule has 0 saturated heterocycles. The van der Waals surface area contributed by atoms with E-state index in [-0.39, 0.29) is 24.8 Å². The van der Waals surface area contributed by atoms with E-state index in [4.69, 9.17) is 0 Å². The molecule has 0 aromatic carbocycles. The zero-order valence-electron chi connectivity index (χ0n) is 7.62. The molecule has 0 fully saturated rings. The van der Waals surface area contributed by atoms with Crippen LogP contribution in [-0.2, 0) is 7.05 Å². The van der Waals surface area contributed by atoms with Gasteiger partial charge in [-0.15, -0.1) is 24.8 Å². The van der Waals surface area contributed by atoms with Crippen molar-refractivity contribution in [2.75, 3.05) is 0 Å². The molecule has 0 radical (unpaired) electrons. The lowest BCUT2D eigenvalue weighted by atomic mass is 10.2. The van der Waals surface area contributed by atoms with E-state index in [1.54, 1.807) is 18.7 Å². The molecular formula is C9H11Cl2N3. The van der Waals surface area contributed by atoms with Gasteiger partial charge in [0, 0.05) is 25.0 Å². The third-order valence-electron chi connectivity index (χ3n) is 1.79. The first kappa shape index (κ1) is 12.9. The molecule has 2 rings (SSSR count). The maximum atomic E-state index is 4.04. The molecule has 14 heavy (non-hydrogen) atoms. The summed E-state index contributed by atoms with van der Waals surface area (Å²) in [5, 5.41) is 0. The Morgan fingerprint density at radius 3 is 2.21 bits per heavy atom. The van der Waals surface area contributed by atoms with Gasteiger partial charge in [-0.3, -0.25) is 4.98 Å². The van der Waals surface area contributed by atoms with E-state index in [1.807, 2.05) is 29.9 Å². The number of pyridine rings is 1. The minimum absolute atomic E-state index is 0. The Morgan fingerprint density at radius 1 is 1.07 bits per heavy atom. The van der Waals surface area contributed by atoms with Crippen LogP contribution in [0.15, 0.2) is 37.1 Å². The van der Waals surface area contributed by atoms with Gasteiger partial charge < -0.3 is 4.57 Å². The summed E-state index contributed by atoms with van der Waals surface area (Å²) in [7, 11) is 1.97. The Kier molecular flexibility index (Phi) is 5.20. The van der Waals surface area contributed by atoms with Crippen LogP contribution in [0, 0.1) is 0 Å². The van der Waals surface area contributed by atoms with Gasteiger partial charge in [-0.2, -0.15) is 0 Å². The van der Waals surface area contributed by atoms with Crippen LogP contribution in [0.2, 0.25) is 0 Å². The van der Waals surface area contributed by atoms with Crippen LogP contribution in [0.25, 0.3) is 11.3 Å². The Hall–Kier alpha value is -1.06. The molecule has 0 spiro atoms. The number of rotatable bonds is 1. The quantitative estimate of drug-likeness (QED) is 0.755. The molecule has 0 N–H and O–H groups in total. The average Bonchev–Trinajstić information content (AvgIpc) is 2.53. The molecule has 76 valence electrons. The molecule has 0 aliphatic rings. The van der Waals surface area contributed by atoms with Crippen molar-refractivity contribution in [1.29, 1.82) is 0 Å². The largest absolute Gasteiger partial charge is 0.334 e. The highest BCUT2D eigenvalue weighted by atomic mass is 35.5. The Labute approximate surface area is 95.0 Å². The summed E-state index contributed by atoms with van der Waals surface area (Å²) in [5.74, 6) is 0. The van der Waals surface area contributed by atoms with Gasteiger partial charge in [0.15, 0.2) is 0 Å². The molecule has 0 unspecified atom stereocenters. The predicted octanol–water partition coefficient (Wildman–Crippen LogP) is 2.33. The summed E-state index contributed by atoms with van der Waals surface area (Å²) in [6, 6.07) is 3.94. The molecule has 2 heterocycles. The van der Waals surface area contributed by atoms with E-state index >= 15 is 0 Å². The number of halogens is 2. The lowest BCUT2D eigenvalue weighted by molar-refractivity contribution is 0.921. The van der Waals surface area contributed by atoms with Crippen molar-refractivity contribution >= 4 is 24.8 Å². The summed E-state index contributed by atoms with van der Waals surface area (Å²) in [6.07, 6.45) is 7.19. The third-order valence-corrected chi connectivity index (χ3v) is 1.79. The van der Waals surface area contributed by atoms with Crippen LogP contribution in [0.4, 0.5) is 0 Å². The van der Waals surface area contributed by atoms with Crippen molar-refractivity contribution < 1.29 is 0 Å². The third kappa shape index (κ3) is 2.47. The molecule has 0 amide bonds.